The number of aliphatic hydroxyl groups is 1. The molecule has 2 aliphatic carbocycles. The van der Waals surface area contributed by atoms with Gasteiger partial charge in [0.1, 0.15) is 0 Å². The summed E-state index contributed by atoms with van der Waals surface area (Å²) in [5, 5.41) is 9.81. The topological polar surface area (TPSA) is 40.5 Å². The molecule has 1 N–H and O–H groups in total. The van der Waals surface area contributed by atoms with Gasteiger partial charge in [-0.15, -0.1) is 0 Å². The predicted octanol–water partition coefficient (Wildman–Crippen LogP) is 3.68. The van der Waals surface area contributed by atoms with Crippen LogP contribution in [0.3, 0.4) is 0 Å². The van der Waals surface area contributed by atoms with Crippen LogP contribution in [0.15, 0.2) is 24.3 Å². The second-order valence-corrected chi connectivity index (χ2v) is 9.22. The van der Waals surface area contributed by atoms with E-state index >= 15 is 0 Å². The maximum Gasteiger partial charge on any atom is 0.225 e. The molecule has 0 atom stereocenters. The summed E-state index contributed by atoms with van der Waals surface area (Å²) in [6.07, 6.45) is 3.72. The average molecular weight is 327 g/mol. The van der Waals surface area contributed by atoms with E-state index in [-0.39, 0.29) is 11.8 Å². The number of hydrogen-bond acceptors (Lipinski definition) is 2. The third-order valence-corrected chi connectivity index (χ3v) is 6.52. The summed E-state index contributed by atoms with van der Waals surface area (Å²) >= 11 is 0. The number of amides is 1. The number of carbonyl (C=O) groups is 1. The Labute approximate surface area is 145 Å². The van der Waals surface area contributed by atoms with Crippen LogP contribution >= 0.6 is 0 Å². The Balaban J connectivity index is 1.27. The van der Waals surface area contributed by atoms with Gasteiger partial charge < -0.3 is 10.0 Å². The molecule has 4 rings (SSSR count). The van der Waals surface area contributed by atoms with Gasteiger partial charge in [0.15, 0.2) is 0 Å². The molecule has 3 nitrogen and oxygen atoms in total. The summed E-state index contributed by atoms with van der Waals surface area (Å²) in [6, 6.07) is 9.13. The van der Waals surface area contributed by atoms with E-state index in [4.69, 9.17) is 0 Å². The van der Waals surface area contributed by atoms with Crippen molar-refractivity contribution in [2.45, 2.75) is 63.9 Å². The van der Waals surface area contributed by atoms with Crippen LogP contribution in [-0.2, 0) is 4.79 Å². The fourth-order valence-electron chi connectivity index (χ4n) is 4.99. The molecule has 3 heteroatoms. The third-order valence-electron chi connectivity index (χ3n) is 6.52. The van der Waals surface area contributed by atoms with E-state index in [0.29, 0.717) is 30.1 Å². The second-order valence-electron chi connectivity index (χ2n) is 9.22. The van der Waals surface area contributed by atoms with E-state index in [2.05, 4.69) is 38.1 Å². The molecule has 3 aliphatic rings. The van der Waals surface area contributed by atoms with Crippen molar-refractivity contribution in [3.8, 4) is 0 Å². The highest BCUT2D eigenvalue weighted by atomic mass is 16.3. The summed E-state index contributed by atoms with van der Waals surface area (Å²) in [4.78, 5) is 14.4. The first kappa shape index (κ1) is 16.1. The highest BCUT2D eigenvalue weighted by Gasteiger charge is 2.55. The molecule has 0 aromatic heterocycles. The first-order valence-corrected chi connectivity index (χ1v) is 9.38. The van der Waals surface area contributed by atoms with Crippen molar-refractivity contribution < 1.29 is 9.90 Å². The van der Waals surface area contributed by atoms with Crippen molar-refractivity contribution in [2.75, 3.05) is 13.1 Å². The molecule has 0 radical (unpaired) electrons. The van der Waals surface area contributed by atoms with Gasteiger partial charge in [-0.05, 0) is 55.6 Å². The number of carbonyl (C=O) groups excluding carboxylic acids is 1. The normalized spacial score (nSPS) is 31.5. The Bertz CT molecular complexity index is 624. The molecule has 1 aliphatic heterocycles. The van der Waals surface area contributed by atoms with Crippen LogP contribution < -0.4 is 0 Å². The molecule has 3 fully saturated rings. The van der Waals surface area contributed by atoms with E-state index in [1.54, 1.807) is 0 Å². The van der Waals surface area contributed by atoms with Gasteiger partial charge in [-0.2, -0.15) is 0 Å². The van der Waals surface area contributed by atoms with Crippen LogP contribution in [0.2, 0.25) is 0 Å². The van der Waals surface area contributed by atoms with Crippen LogP contribution in [-0.4, -0.2) is 34.6 Å². The Morgan fingerprint density at radius 2 is 1.71 bits per heavy atom. The van der Waals surface area contributed by atoms with Crippen LogP contribution in [0, 0.1) is 11.3 Å². The quantitative estimate of drug-likeness (QED) is 0.920. The Morgan fingerprint density at radius 3 is 2.21 bits per heavy atom. The van der Waals surface area contributed by atoms with Crippen molar-refractivity contribution in [3.05, 3.63) is 35.4 Å². The number of hydrogen-bond donors (Lipinski definition) is 1. The molecule has 1 aromatic carbocycles. The van der Waals surface area contributed by atoms with Crippen molar-refractivity contribution in [1.82, 2.24) is 4.90 Å². The summed E-state index contributed by atoms with van der Waals surface area (Å²) in [6.45, 7) is 8.16. The smallest absolute Gasteiger partial charge is 0.225 e. The largest absolute Gasteiger partial charge is 0.390 e. The summed E-state index contributed by atoms with van der Waals surface area (Å²) in [7, 11) is 0. The van der Waals surface area contributed by atoms with Gasteiger partial charge in [-0.25, -0.2) is 0 Å². The highest BCUT2D eigenvalue weighted by molar-refractivity contribution is 5.81. The molecule has 130 valence electrons. The third kappa shape index (κ3) is 2.67. The highest BCUT2D eigenvalue weighted by Crippen LogP contribution is 2.56. The lowest BCUT2D eigenvalue weighted by molar-refractivity contribution is -0.168. The van der Waals surface area contributed by atoms with Crippen LogP contribution in [0.5, 0.6) is 0 Å². The van der Waals surface area contributed by atoms with Gasteiger partial charge in [0.05, 0.1) is 5.60 Å². The SMILES string of the molecule is CC(C)c1ccc(C2CC3(C2)CN(C(=O)C2CC(C)(O)C2)C3)cc1. The van der Waals surface area contributed by atoms with Crippen molar-refractivity contribution >= 4 is 5.91 Å². The minimum atomic E-state index is -0.605. The van der Waals surface area contributed by atoms with Crippen LogP contribution in [0.25, 0.3) is 0 Å². The average Bonchev–Trinajstić information content (AvgIpc) is 2.42. The van der Waals surface area contributed by atoms with Gasteiger partial charge in [0.25, 0.3) is 0 Å². The monoisotopic (exact) mass is 327 g/mol. The zero-order valence-electron chi connectivity index (χ0n) is 15.1. The lowest BCUT2D eigenvalue weighted by atomic mass is 9.55. The Morgan fingerprint density at radius 1 is 1.12 bits per heavy atom. The van der Waals surface area contributed by atoms with E-state index in [1.807, 2.05) is 11.8 Å². The fraction of sp³-hybridized carbons (Fsp3) is 0.667. The molecule has 24 heavy (non-hydrogen) atoms. The molecule has 2 saturated carbocycles. The summed E-state index contributed by atoms with van der Waals surface area (Å²) in [5.41, 5.74) is 2.66. The molecular weight excluding hydrogens is 298 g/mol. The number of benzene rings is 1. The van der Waals surface area contributed by atoms with Gasteiger partial charge in [-0.3, -0.25) is 4.79 Å². The second kappa shape index (κ2) is 5.32. The van der Waals surface area contributed by atoms with Gasteiger partial charge in [-0.1, -0.05) is 38.1 Å². The summed E-state index contributed by atoms with van der Waals surface area (Å²) in [5.74, 6) is 1.60. The molecular formula is C21H29NO2. The Kier molecular flexibility index (Phi) is 3.58. The predicted molar refractivity (Wildman–Crippen MR) is 94.9 cm³/mol. The number of rotatable bonds is 3. The zero-order chi connectivity index (χ0) is 17.1. The standard InChI is InChI=1S/C21H29NO2/c1-14(2)15-4-6-16(7-5-15)17-10-21(11-17)12-22(13-21)19(23)18-8-20(3,24)9-18/h4-7,14,17-18,24H,8-13H2,1-3H3. The zero-order valence-corrected chi connectivity index (χ0v) is 15.1. The lowest BCUT2D eigenvalue weighted by Crippen LogP contribution is -2.65. The summed E-state index contributed by atoms with van der Waals surface area (Å²) < 4.78 is 0. The maximum atomic E-state index is 12.4. The maximum absolute atomic E-state index is 12.4. The molecule has 1 saturated heterocycles. The van der Waals surface area contributed by atoms with E-state index in [9.17, 15) is 9.90 Å². The van der Waals surface area contributed by atoms with E-state index in [0.717, 1.165) is 13.1 Å². The first-order valence-electron chi connectivity index (χ1n) is 9.38. The van der Waals surface area contributed by atoms with Crippen molar-refractivity contribution in [3.63, 3.8) is 0 Å². The molecule has 1 heterocycles. The van der Waals surface area contributed by atoms with Crippen LogP contribution in [0.4, 0.5) is 0 Å². The van der Waals surface area contributed by atoms with Gasteiger partial charge in [0, 0.05) is 24.4 Å². The molecule has 1 aromatic rings. The molecule has 1 spiro atoms. The van der Waals surface area contributed by atoms with Crippen molar-refractivity contribution in [1.29, 1.82) is 0 Å². The van der Waals surface area contributed by atoms with Crippen LogP contribution in [0.1, 0.15) is 69.4 Å². The number of nitrogens with zero attached hydrogens (tertiary/aromatic N) is 1. The van der Waals surface area contributed by atoms with Gasteiger partial charge in [0.2, 0.25) is 5.91 Å². The minimum absolute atomic E-state index is 0.0665. The van der Waals surface area contributed by atoms with E-state index < -0.39 is 5.60 Å². The first-order chi connectivity index (χ1) is 11.3. The fourth-order valence-corrected chi connectivity index (χ4v) is 4.99. The van der Waals surface area contributed by atoms with Crippen molar-refractivity contribution in [2.24, 2.45) is 11.3 Å². The minimum Gasteiger partial charge on any atom is -0.390 e. The van der Waals surface area contributed by atoms with Gasteiger partial charge >= 0.3 is 0 Å². The molecule has 0 unspecified atom stereocenters. The molecule has 0 bridgehead atoms. The molecule has 1 amide bonds. The lowest BCUT2D eigenvalue weighted by Gasteiger charge is -2.60. The Hall–Kier alpha value is -1.35. The number of likely N-dealkylation sites (tertiary alicyclic amines) is 1. The van der Waals surface area contributed by atoms with E-state index in [1.165, 1.54) is 24.0 Å².